The molecule has 2 amide bonds. The number of unbranched alkanes of at least 4 members (excludes halogenated alkanes) is 9. The number of halogens is 2. The third kappa shape index (κ3) is 10.8. The zero-order valence-electron chi connectivity index (χ0n) is 36.0. The SMILES string of the molecule is CCCCCCOc1ccc(N(c2ccccc2)c2ccc(-c3ccc(C4=C5C(=O)N(CCCCCCBr)C(c6ccccc6)=C5C(=O)N4CCCCCCBr)cc3)cc2)cc1. The topological polar surface area (TPSA) is 53.1 Å². The molecule has 0 radical (unpaired) electrons. The number of anilines is 3. The lowest BCUT2D eigenvalue weighted by molar-refractivity contribution is -0.124. The molecule has 0 fully saturated rings. The molecule has 0 saturated heterocycles. The van der Waals surface area contributed by atoms with Crippen LogP contribution in [-0.2, 0) is 9.59 Å². The minimum absolute atomic E-state index is 0.0725. The van der Waals surface area contributed by atoms with E-state index in [9.17, 15) is 9.59 Å². The number of benzene rings is 5. The lowest BCUT2D eigenvalue weighted by Crippen LogP contribution is -2.31. The molecule has 2 heterocycles. The van der Waals surface area contributed by atoms with Crippen LogP contribution in [0, 0.1) is 0 Å². The van der Waals surface area contributed by atoms with E-state index in [4.69, 9.17) is 4.74 Å². The molecule has 2 aliphatic heterocycles. The zero-order chi connectivity index (χ0) is 43.1. The maximum absolute atomic E-state index is 14.7. The highest BCUT2D eigenvalue weighted by Gasteiger charge is 2.48. The summed E-state index contributed by atoms with van der Waals surface area (Å²) in [6, 6.07) is 45.9. The summed E-state index contributed by atoms with van der Waals surface area (Å²) in [7, 11) is 0. The van der Waals surface area contributed by atoms with Gasteiger partial charge in [0.15, 0.2) is 0 Å². The summed E-state index contributed by atoms with van der Waals surface area (Å²) in [5, 5.41) is 1.95. The minimum Gasteiger partial charge on any atom is -0.494 e. The second-order valence-corrected chi connectivity index (χ2v) is 17.7. The summed E-state index contributed by atoms with van der Waals surface area (Å²) >= 11 is 7.10. The van der Waals surface area contributed by atoms with Crippen molar-refractivity contribution in [1.82, 2.24) is 9.80 Å². The zero-order valence-corrected chi connectivity index (χ0v) is 39.2. The standard InChI is InChI=1S/C54H59Br2N3O3/c1-2-3-4-19-40-62-48-34-32-47(33-35-48)59(45-22-13-10-14-23-45)46-30-28-42(29-31-46)41-24-26-44(27-25-41)52-50-49(53(60)58(52)39-18-8-6-16-37-56)51(43-20-11-9-12-21-43)57(54(50)61)38-17-7-5-15-36-55/h9-14,20-35H,2-8,15-19,36-40H2,1H3. The van der Waals surface area contributed by atoms with Gasteiger partial charge in [0.05, 0.1) is 29.1 Å². The molecule has 8 heteroatoms. The first-order valence-corrected chi connectivity index (χ1v) is 24.9. The molecular weight excluding hydrogens is 898 g/mol. The van der Waals surface area contributed by atoms with Gasteiger partial charge in [0.25, 0.3) is 11.8 Å². The van der Waals surface area contributed by atoms with Gasteiger partial charge in [-0.1, -0.05) is 169 Å². The molecule has 0 aromatic heterocycles. The van der Waals surface area contributed by atoms with E-state index in [0.717, 1.165) is 132 Å². The van der Waals surface area contributed by atoms with Gasteiger partial charge in [0.2, 0.25) is 0 Å². The fourth-order valence-corrected chi connectivity index (χ4v) is 9.31. The van der Waals surface area contributed by atoms with E-state index in [2.05, 4.69) is 141 Å². The first kappa shape index (κ1) is 45.1. The highest BCUT2D eigenvalue weighted by atomic mass is 79.9. The van der Waals surface area contributed by atoms with Crippen molar-refractivity contribution in [2.24, 2.45) is 0 Å². The van der Waals surface area contributed by atoms with Gasteiger partial charge in [-0.15, -0.1) is 0 Å². The van der Waals surface area contributed by atoms with Crippen LogP contribution in [0.5, 0.6) is 5.75 Å². The number of para-hydroxylation sites is 1. The van der Waals surface area contributed by atoms with Gasteiger partial charge in [-0.2, -0.15) is 0 Å². The predicted octanol–water partition coefficient (Wildman–Crippen LogP) is 14.5. The number of ether oxygens (including phenoxy) is 1. The van der Waals surface area contributed by atoms with Crippen LogP contribution in [0.4, 0.5) is 17.1 Å². The highest BCUT2D eigenvalue weighted by Crippen LogP contribution is 2.47. The second-order valence-electron chi connectivity index (χ2n) is 16.1. The lowest BCUT2D eigenvalue weighted by atomic mass is 9.99. The van der Waals surface area contributed by atoms with Crippen LogP contribution in [-0.4, -0.2) is 52.0 Å². The van der Waals surface area contributed by atoms with Crippen molar-refractivity contribution in [2.75, 3.05) is 35.3 Å². The van der Waals surface area contributed by atoms with E-state index in [1.54, 1.807) is 0 Å². The average Bonchev–Trinajstić information content (AvgIpc) is 3.76. The van der Waals surface area contributed by atoms with Crippen LogP contribution in [0.15, 0.2) is 145 Å². The van der Waals surface area contributed by atoms with Gasteiger partial charge in [-0.05, 0) is 103 Å². The summed E-state index contributed by atoms with van der Waals surface area (Å²) in [5.41, 5.74) is 9.68. The van der Waals surface area contributed by atoms with Crippen molar-refractivity contribution >= 4 is 72.1 Å². The molecular formula is C54H59Br2N3O3. The van der Waals surface area contributed by atoms with E-state index in [0.29, 0.717) is 24.2 Å². The number of carbonyl (C=O) groups is 2. The molecule has 322 valence electrons. The number of carbonyl (C=O) groups excluding carboxylic acids is 2. The third-order valence-electron chi connectivity index (χ3n) is 11.8. The van der Waals surface area contributed by atoms with E-state index in [1.165, 1.54) is 19.3 Å². The number of hydrogen-bond acceptors (Lipinski definition) is 4. The van der Waals surface area contributed by atoms with Crippen molar-refractivity contribution in [3.05, 3.63) is 156 Å². The smallest absolute Gasteiger partial charge is 0.261 e. The Morgan fingerprint density at radius 2 is 0.871 bits per heavy atom. The maximum Gasteiger partial charge on any atom is 0.261 e. The van der Waals surface area contributed by atoms with E-state index >= 15 is 0 Å². The Labute approximate surface area is 385 Å². The monoisotopic (exact) mass is 955 g/mol. The van der Waals surface area contributed by atoms with Crippen molar-refractivity contribution < 1.29 is 14.3 Å². The summed E-state index contributed by atoms with van der Waals surface area (Å²) < 4.78 is 6.06. The molecule has 0 N–H and O–H groups in total. The first-order valence-electron chi connectivity index (χ1n) is 22.6. The molecule has 2 aliphatic rings. The van der Waals surface area contributed by atoms with Gasteiger partial charge in [-0.3, -0.25) is 9.59 Å². The number of rotatable bonds is 24. The van der Waals surface area contributed by atoms with Gasteiger partial charge < -0.3 is 19.4 Å². The molecule has 7 rings (SSSR count). The number of alkyl halides is 2. The van der Waals surface area contributed by atoms with Crippen LogP contribution in [0.2, 0.25) is 0 Å². The van der Waals surface area contributed by atoms with Crippen molar-refractivity contribution in [1.29, 1.82) is 0 Å². The van der Waals surface area contributed by atoms with Crippen molar-refractivity contribution in [3.63, 3.8) is 0 Å². The third-order valence-corrected chi connectivity index (χ3v) is 12.9. The fraction of sp³-hybridized carbons (Fsp3) is 0.333. The maximum atomic E-state index is 14.7. The van der Waals surface area contributed by atoms with Crippen molar-refractivity contribution in [3.8, 4) is 16.9 Å². The van der Waals surface area contributed by atoms with Crippen LogP contribution >= 0.6 is 31.9 Å². The number of fused-ring (bicyclic) bond motifs is 1. The van der Waals surface area contributed by atoms with Gasteiger partial charge in [0.1, 0.15) is 5.75 Å². The van der Waals surface area contributed by atoms with Crippen LogP contribution < -0.4 is 9.64 Å². The minimum atomic E-state index is -0.0725. The van der Waals surface area contributed by atoms with E-state index in [-0.39, 0.29) is 11.8 Å². The molecule has 6 nitrogen and oxygen atoms in total. The van der Waals surface area contributed by atoms with Gasteiger partial charge >= 0.3 is 0 Å². The van der Waals surface area contributed by atoms with Crippen LogP contribution in [0.3, 0.4) is 0 Å². The average molecular weight is 958 g/mol. The molecule has 0 spiro atoms. The van der Waals surface area contributed by atoms with Crippen molar-refractivity contribution in [2.45, 2.75) is 84.0 Å². The Morgan fingerprint density at radius 3 is 1.39 bits per heavy atom. The van der Waals surface area contributed by atoms with Gasteiger partial charge in [0, 0.05) is 40.8 Å². The molecule has 0 unspecified atom stereocenters. The van der Waals surface area contributed by atoms with Crippen LogP contribution in [0.25, 0.3) is 22.5 Å². The van der Waals surface area contributed by atoms with E-state index in [1.807, 2.05) is 46.2 Å². The summed E-state index contributed by atoms with van der Waals surface area (Å²) in [6.07, 6.45) is 12.9. The van der Waals surface area contributed by atoms with Crippen LogP contribution in [0.1, 0.15) is 95.1 Å². The molecule has 5 aromatic rings. The summed E-state index contributed by atoms with van der Waals surface area (Å²) in [5.74, 6) is 0.743. The number of nitrogens with zero attached hydrogens (tertiary/aromatic N) is 3. The predicted molar refractivity (Wildman–Crippen MR) is 264 cm³/mol. The largest absolute Gasteiger partial charge is 0.494 e. The Hall–Kier alpha value is -4.92. The Bertz CT molecular complexity index is 2270. The second kappa shape index (κ2) is 23.0. The number of hydrogen-bond donors (Lipinski definition) is 0. The summed E-state index contributed by atoms with van der Waals surface area (Å²) in [6.45, 7) is 4.11. The molecule has 0 aliphatic carbocycles. The molecule has 62 heavy (non-hydrogen) atoms. The first-order chi connectivity index (χ1) is 30.5. The number of amides is 2. The van der Waals surface area contributed by atoms with Gasteiger partial charge in [-0.25, -0.2) is 0 Å². The molecule has 0 saturated carbocycles. The summed E-state index contributed by atoms with van der Waals surface area (Å²) in [4.78, 5) is 35.4. The Kier molecular flexibility index (Phi) is 16.7. The van der Waals surface area contributed by atoms with E-state index < -0.39 is 0 Å². The Balaban J connectivity index is 1.17. The quantitative estimate of drug-likeness (QED) is 0.0457. The Morgan fingerprint density at radius 1 is 0.452 bits per heavy atom. The lowest BCUT2D eigenvalue weighted by Gasteiger charge is -2.26. The normalized spacial score (nSPS) is 13.7. The molecule has 5 aromatic carbocycles. The molecule has 0 atom stereocenters. The highest BCUT2D eigenvalue weighted by molar-refractivity contribution is 9.09. The fourth-order valence-electron chi connectivity index (χ4n) is 8.51. The molecule has 0 bridgehead atoms.